The minimum atomic E-state index is -0.461. The number of nitrogen functional groups attached to an aromatic ring is 1. The third-order valence-electron chi connectivity index (χ3n) is 3.89. The molecule has 3 heterocycles. The molecule has 3 N–H and O–H groups in total. The summed E-state index contributed by atoms with van der Waals surface area (Å²) in [5, 5.41) is 6.94. The van der Waals surface area contributed by atoms with Gasteiger partial charge in [-0.3, -0.25) is 9.78 Å². The smallest absolute Gasteiger partial charge is 0.263 e. The van der Waals surface area contributed by atoms with E-state index in [1.165, 1.54) is 10.7 Å². The molecule has 3 aromatic heterocycles. The molecule has 0 aliphatic carbocycles. The number of carbonyl (C=O) groups excluding carboxylic acids is 1. The first-order chi connectivity index (χ1) is 13.8. The molecule has 0 aliphatic rings. The van der Waals surface area contributed by atoms with Crippen LogP contribution in [0.2, 0.25) is 0 Å². The minimum absolute atomic E-state index is 0.0568. The predicted molar refractivity (Wildman–Crippen MR) is 109 cm³/mol. The molecule has 0 atom stereocenters. The van der Waals surface area contributed by atoms with Gasteiger partial charge < -0.3 is 25.4 Å². The first-order valence-electron chi connectivity index (χ1n) is 9.19. The molecule has 0 fully saturated rings. The summed E-state index contributed by atoms with van der Waals surface area (Å²) in [6.45, 7) is 5.00. The fourth-order valence-electron chi connectivity index (χ4n) is 2.58. The Morgan fingerprint density at radius 2 is 2.14 bits per heavy atom. The van der Waals surface area contributed by atoms with E-state index in [9.17, 15) is 4.79 Å². The number of anilines is 2. The van der Waals surface area contributed by atoms with E-state index >= 15 is 0 Å². The Kier molecular flexibility index (Phi) is 6.13. The number of amides is 1. The Bertz CT molecular complexity index is 1000. The molecule has 0 aliphatic heterocycles. The van der Waals surface area contributed by atoms with E-state index in [1.54, 1.807) is 24.5 Å². The average Bonchev–Trinajstić information content (AvgIpc) is 2.97. The van der Waals surface area contributed by atoms with Crippen LogP contribution in [0.1, 0.15) is 24.2 Å². The number of hydrogen-bond donors (Lipinski definition) is 2. The average molecular weight is 399 g/mol. The zero-order valence-corrected chi connectivity index (χ0v) is 16.9. The number of aromatic nitrogens is 4. The molecule has 154 valence electrons. The number of hydrogen-bond acceptors (Lipinski definition) is 8. The van der Waals surface area contributed by atoms with Gasteiger partial charge in [-0.1, -0.05) is 0 Å². The van der Waals surface area contributed by atoms with Crippen LogP contribution >= 0.6 is 0 Å². The zero-order valence-electron chi connectivity index (χ0n) is 16.9. The molecule has 0 aromatic carbocycles. The van der Waals surface area contributed by atoms with Crippen LogP contribution in [-0.2, 0) is 0 Å². The lowest BCUT2D eigenvalue weighted by molar-refractivity contribution is 0.102. The lowest BCUT2D eigenvalue weighted by Crippen LogP contribution is -2.19. The van der Waals surface area contributed by atoms with E-state index in [2.05, 4.69) is 20.4 Å². The highest BCUT2D eigenvalue weighted by atomic mass is 16.5. The first kappa shape index (κ1) is 20.3. The van der Waals surface area contributed by atoms with Crippen LogP contribution in [0.3, 0.4) is 0 Å². The quantitative estimate of drug-likeness (QED) is 0.587. The fraction of sp³-hybridized carbons (Fsp3) is 0.368. The molecule has 0 bridgehead atoms. The Morgan fingerprint density at radius 3 is 2.86 bits per heavy atom. The van der Waals surface area contributed by atoms with Crippen molar-refractivity contribution in [2.75, 3.05) is 38.3 Å². The van der Waals surface area contributed by atoms with E-state index in [1.807, 2.05) is 32.8 Å². The van der Waals surface area contributed by atoms with Crippen LogP contribution in [0.15, 0.2) is 30.7 Å². The second kappa shape index (κ2) is 8.74. The topological polar surface area (TPSA) is 120 Å². The van der Waals surface area contributed by atoms with Crippen molar-refractivity contribution in [3.8, 4) is 11.6 Å². The molecule has 10 heteroatoms. The molecule has 0 spiro atoms. The Morgan fingerprint density at radius 1 is 1.34 bits per heavy atom. The largest absolute Gasteiger partial charge is 0.489 e. The zero-order chi connectivity index (χ0) is 21.0. The lowest BCUT2D eigenvalue weighted by Gasteiger charge is -2.14. The van der Waals surface area contributed by atoms with Crippen molar-refractivity contribution in [2.45, 2.75) is 20.0 Å². The highest BCUT2D eigenvalue weighted by molar-refractivity contribution is 6.12. The summed E-state index contributed by atoms with van der Waals surface area (Å²) in [7, 11) is 3.91. The number of nitrogens with one attached hydrogen (secondary N) is 1. The van der Waals surface area contributed by atoms with Gasteiger partial charge in [-0.05, 0) is 27.9 Å². The van der Waals surface area contributed by atoms with Gasteiger partial charge in [-0.15, -0.1) is 5.10 Å². The van der Waals surface area contributed by atoms with Gasteiger partial charge in [0.25, 0.3) is 5.91 Å². The molecule has 10 nitrogen and oxygen atoms in total. The highest BCUT2D eigenvalue weighted by Gasteiger charge is 2.21. The van der Waals surface area contributed by atoms with Gasteiger partial charge in [0, 0.05) is 31.1 Å². The lowest BCUT2D eigenvalue weighted by atomic mass is 10.2. The summed E-state index contributed by atoms with van der Waals surface area (Å²) in [6.07, 6.45) is 4.70. The number of pyridine rings is 1. The molecule has 0 unspecified atom stereocenters. The molecule has 29 heavy (non-hydrogen) atoms. The van der Waals surface area contributed by atoms with Crippen LogP contribution in [0.5, 0.6) is 11.6 Å². The number of fused-ring (bicyclic) bond motifs is 1. The highest BCUT2D eigenvalue weighted by Crippen LogP contribution is 2.26. The van der Waals surface area contributed by atoms with Crippen LogP contribution in [0.4, 0.5) is 11.5 Å². The number of carbonyl (C=O) groups is 1. The second-order valence-electron chi connectivity index (χ2n) is 6.94. The fourth-order valence-corrected chi connectivity index (χ4v) is 2.58. The molecule has 3 aromatic rings. The van der Waals surface area contributed by atoms with E-state index in [-0.39, 0.29) is 17.5 Å². The van der Waals surface area contributed by atoms with E-state index in [0.717, 1.165) is 6.54 Å². The minimum Gasteiger partial charge on any atom is -0.489 e. The van der Waals surface area contributed by atoms with Gasteiger partial charge in [-0.2, -0.15) is 4.98 Å². The summed E-state index contributed by atoms with van der Waals surface area (Å²) < 4.78 is 12.8. The van der Waals surface area contributed by atoms with Crippen molar-refractivity contribution in [3.05, 3.63) is 36.3 Å². The van der Waals surface area contributed by atoms with Crippen molar-refractivity contribution < 1.29 is 14.3 Å². The molecule has 0 radical (unpaired) electrons. The van der Waals surface area contributed by atoms with Gasteiger partial charge in [0.15, 0.2) is 11.5 Å². The van der Waals surface area contributed by atoms with Crippen LogP contribution in [0, 0.1) is 0 Å². The Hall–Kier alpha value is -3.40. The molecular formula is C19H25N7O3. The van der Waals surface area contributed by atoms with Crippen LogP contribution < -0.4 is 20.5 Å². The summed E-state index contributed by atoms with van der Waals surface area (Å²) in [4.78, 5) is 23.4. The van der Waals surface area contributed by atoms with E-state index in [0.29, 0.717) is 29.6 Å². The predicted octanol–water partition coefficient (Wildman–Crippen LogP) is 1.69. The van der Waals surface area contributed by atoms with Crippen LogP contribution in [-0.4, -0.2) is 63.7 Å². The van der Waals surface area contributed by atoms with Crippen molar-refractivity contribution >= 4 is 23.1 Å². The molecule has 0 saturated carbocycles. The van der Waals surface area contributed by atoms with Gasteiger partial charge in [0.1, 0.15) is 23.6 Å². The SMILES string of the molecule is CC(C)Oc1ccncc1NC(=O)c1c(N)nn2ccc(OCCN(C)C)nc12. The maximum absolute atomic E-state index is 12.9. The van der Waals surface area contributed by atoms with Crippen molar-refractivity contribution in [1.29, 1.82) is 0 Å². The number of rotatable bonds is 8. The summed E-state index contributed by atoms with van der Waals surface area (Å²) in [5.41, 5.74) is 6.88. The third kappa shape index (κ3) is 4.91. The maximum atomic E-state index is 12.9. The van der Waals surface area contributed by atoms with Gasteiger partial charge >= 0.3 is 0 Å². The number of likely N-dealkylation sites (N-methyl/N-ethyl adjacent to an activating group) is 1. The second-order valence-corrected chi connectivity index (χ2v) is 6.94. The molecule has 0 saturated heterocycles. The van der Waals surface area contributed by atoms with Crippen molar-refractivity contribution in [2.24, 2.45) is 0 Å². The molecular weight excluding hydrogens is 374 g/mol. The van der Waals surface area contributed by atoms with Crippen LogP contribution in [0.25, 0.3) is 5.65 Å². The number of nitrogens with two attached hydrogens (primary N) is 1. The molecule has 1 amide bonds. The standard InChI is InChI=1S/C19H25N7O3/c1-12(2)29-14-5-7-21-11-13(14)22-19(27)16-17(20)24-26-8-6-15(23-18(16)26)28-10-9-25(3)4/h5-8,11-12H,9-10H2,1-4H3,(H2,20,24)(H,22,27). The monoisotopic (exact) mass is 399 g/mol. The third-order valence-corrected chi connectivity index (χ3v) is 3.89. The van der Waals surface area contributed by atoms with Gasteiger partial charge in [0.2, 0.25) is 5.88 Å². The van der Waals surface area contributed by atoms with Crippen molar-refractivity contribution in [1.82, 2.24) is 24.5 Å². The Labute approximate surface area is 168 Å². The van der Waals surface area contributed by atoms with Gasteiger partial charge in [0.05, 0.1) is 12.3 Å². The summed E-state index contributed by atoms with van der Waals surface area (Å²) in [6, 6.07) is 3.36. The van der Waals surface area contributed by atoms with Crippen molar-refractivity contribution in [3.63, 3.8) is 0 Å². The first-order valence-corrected chi connectivity index (χ1v) is 9.19. The molecule has 3 rings (SSSR count). The normalized spacial score (nSPS) is 11.2. The maximum Gasteiger partial charge on any atom is 0.263 e. The van der Waals surface area contributed by atoms with E-state index < -0.39 is 5.91 Å². The summed E-state index contributed by atoms with van der Waals surface area (Å²) in [5.74, 6) is 0.505. The van der Waals surface area contributed by atoms with E-state index in [4.69, 9.17) is 15.2 Å². The summed E-state index contributed by atoms with van der Waals surface area (Å²) >= 11 is 0. The number of nitrogens with zero attached hydrogens (tertiary/aromatic N) is 5. The number of ether oxygens (including phenoxy) is 2. The Balaban J connectivity index is 1.87. The van der Waals surface area contributed by atoms with Gasteiger partial charge in [-0.25, -0.2) is 4.52 Å².